The van der Waals surface area contributed by atoms with Gasteiger partial charge < -0.3 is 30.7 Å². The number of carbonyl (C=O) groups excluding carboxylic acids is 2. The zero-order valence-corrected chi connectivity index (χ0v) is 25.2. The van der Waals surface area contributed by atoms with Crippen molar-refractivity contribution < 1.29 is 19.1 Å². The Morgan fingerprint density at radius 2 is 1.98 bits per heavy atom. The van der Waals surface area contributed by atoms with Crippen molar-refractivity contribution in [2.24, 2.45) is 11.7 Å². The number of likely N-dealkylation sites (N-methyl/N-ethyl adjacent to an activating group) is 1. The Morgan fingerprint density at radius 1 is 1.20 bits per heavy atom. The van der Waals surface area contributed by atoms with Crippen LogP contribution < -0.4 is 25.8 Å². The van der Waals surface area contributed by atoms with E-state index in [4.69, 9.17) is 15.2 Å². The lowest BCUT2D eigenvalue weighted by Gasteiger charge is -2.35. The maximum atomic E-state index is 13.2. The molecule has 2 amide bonds. The van der Waals surface area contributed by atoms with E-state index in [1.807, 2.05) is 30.8 Å². The van der Waals surface area contributed by atoms with Gasteiger partial charge in [0.25, 0.3) is 5.91 Å². The lowest BCUT2D eigenvalue weighted by molar-refractivity contribution is -0.136. The molecule has 0 aliphatic carbocycles. The van der Waals surface area contributed by atoms with Crippen LogP contribution >= 0.6 is 23.1 Å². The number of nitrogens with two attached hydrogens (primary N) is 1. The minimum Gasteiger partial charge on any atom is -0.493 e. The van der Waals surface area contributed by atoms with Crippen LogP contribution in [0, 0.1) is 5.92 Å². The third kappa shape index (κ3) is 6.89. The Kier molecular flexibility index (Phi) is 9.60. The van der Waals surface area contributed by atoms with Crippen molar-refractivity contribution in [2.45, 2.75) is 37.5 Å². The number of anilines is 2. The van der Waals surface area contributed by atoms with E-state index in [0.29, 0.717) is 41.1 Å². The second-order valence-electron chi connectivity index (χ2n) is 10.2. The predicted octanol–water partition coefficient (Wildman–Crippen LogP) is 5.20. The molecule has 0 bridgehead atoms. The number of rotatable bonds is 12. The molecule has 2 aromatic carbocycles. The molecule has 4 N–H and O–H groups in total. The third-order valence-electron chi connectivity index (χ3n) is 7.23. The molecule has 3 aromatic rings. The molecular weight excluding hydrogens is 546 g/mol. The summed E-state index contributed by atoms with van der Waals surface area (Å²) in [6.07, 6.45) is 4.11. The summed E-state index contributed by atoms with van der Waals surface area (Å²) in [6, 6.07) is 10.6. The molecule has 11 heteroatoms. The van der Waals surface area contributed by atoms with Crippen molar-refractivity contribution in [1.82, 2.24) is 9.88 Å². The topological polar surface area (TPSA) is 119 Å². The summed E-state index contributed by atoms with van der Waals surface area (Å²) in [5.41, 5.74) is 7.52. The van der Waals surface area contributed by atoms with Crippen LogP contribution in [0.1, 0.15) is 37.0 Å². The van der Waals surface area contributed by atoms with E-state index in [1.165, 1.54) is 11.3 Å². The molecule has 0 spiro atoms. The van der Waals surface area contributed by atoms with Gasteiger partial charge in [0.05, 0.1) is 30.0 Å². The molecule has 0 fully saturated rings. The van der Waals surface area contributed by atoms with Crippen molar-refractivity contribution in [3.8, 4) is 11.5 Å². The first kappa shape index (κ1) is 29.7. The molecule has 0 radical (unpaired) electrons. The van der Waals surface area contributed by atoms with Gasteiger partial charge in [0.15, 0.2) is 16.6 Å². The fourth-order valence-electron chi connectivity index (χ4n) is 4.53. The fourth-order valence-corrected chi connectivity index (χ4v) is 6.53. The summed E-state index contributed by atoms with van der Waals surface area (Å²) in [6.45, 7) is 4.92. The number of thioether (sulfide) groups is 1. The van der Waals surface area contributed by atoms with Gasteiger partial charge in [0.1, 0.15) is 0 Å². The van der Waals surface area contributed by atoms with Crippen LogP contribution in [0.15, 0.2) is 47.9 Å². The number of fused-ring (bicyclic) bond motifs is 1. The predicted molar refractivity (Wildman–Crippen MR) is 165 cm³/mol. The standard InChI is InChI=1S/C29H37N5O4S2/c1-18(15-21-7-6-14-39-21)29(2,30)27(36)34(3)13-12-31-28-33-22-10-8-19(16-25(22)40-28)26(35)32-20-9-11-23(37-4)24(17-20)38-5/h6,8-11,14,16-18,21H,7,12-13,15,30H2,1-5H3,(H,31,33)(H,32,35)/t18?,21?,29-/m1/s1. The molecule has 3 atom stereocenters. The summed E-state index contributed by atoms with van der Waals surface area (Å²) in [7, 11) is 4.90. The molecule has 40 heavy (non-hydrogen) atoms. The summed E-state index contributed by atoms with van der Waals surface area (Å²) < 4.78 is 11.5. The number of aromatic nitrogens is 1. The first-order valence-electron chi connectivity index (χ1n) is 13.1. The van der Waals surface area contributed by atoms with Gasteiger partial charge in [0, 0.05) is 42.7 Å². The molecule has 4 rings (SSSR count). The molecule has 9 nitrogen and oxygen atoms in total. The normalized spacial score (nSPS) is 16.8. The Bertz CT molecular complexity index is 1380. The number of nitrogens with one attached hydrogen (secondary N) is 2. The van der Waals surface area contributed by atoms with Crippen LogP contribution in [0.25, 0.3) is 10.2 Å². The zero-order valence-electron chi connectivity index (χ0n) is 23.5. The lowest BCUT2D eigenvalue weighted by atomic mass is 9.83. The van der Waals surface area contributed by atoms with Gasteiger partial charge in [-0.25, -0.2) is 4.98 Å². The summed E-state index contributed by atoms with van der Waals surface area (Å²) >= 11 is 3.28. The number of amides is 2. The molecule has 1 aliphatic rings. The second kappa shape index (κ2) is 12.9. The van der Waals surface area contributed by atoms with E-state index in [9.17, 15) is 9.59 Å². The van der Waals surface area contributed by atoms with E-state index in [-0.39, 0.29) is 17.7 Å². The van der Waals surface area contributed by atoms with Gasteiger partial charge in [-0.3, -0.25) is 9.59 Å². The van der Waals surface area contributed by atoms with Gasteiger partial charge >= 0.3 is 0 Å². The molecule has 1 aliphatic heterocycles. The van der Waals surface area contributed by atoms with Crippen molar-refractivity contribution >= 4 is 55.9 Å². The van der Waals surface area contributed by atoms with E-state index in [0.717, 1.165) is 28.2 Å². The van der Waals surface area contributed by atoms with E-state index >= 15 is 0 Å². The fraction of sp³-hybridized carbons (Fsp3) is 0.414. The Balaban J connectivity index is 1.32. The molecular formula is C29H37N5O4S2. The highest BCUT2D eigenvalue weighted by Gasteiger charge is 2.37. The smallest absolute Gasteiger partial charge is 0.255 e. The van der Waals surface area contributed by atoms with Crippen LogP contribution in [0.3, 0.4) is 0 Å². The number of nitrogens with zero attached hydrogens (tertiary/aromatic N) is 2. The highest BCUT2D eigenvalue weighted by molar-refractivity contribution is 8.03. The number of ether oxygens (including phenoxy) is 2. The lowest BCUT2D eigenvalue weighted by Crippen LogP contribution is -2.57. The third-order valence-corrected chi connectivity index (χ3v) is 9.32. The summed E-state index contributed by atoms with van der Waals surface area (Å²) in [5, 5.41) is 9.55. The number of hydrogen-bond donors (Lipinski definition) is 3. The average molecular weight is 584 g/mol. The largest absolute Gasteiger partial charge is 0.493 e. The summed E-state index contributed by atoms with van der Waals surface area (Å²) in [4.78, 5) is 32.4. The second-order valence-corrected chi connectivity index (χ2v) is 12.4. The number of methoxy groups -OCH3 is 2. The van der Waals surface area contributed by atoms with Gasteiger partial charge in [-0.15, -0.1) is 11.8 Å². The van der Waals surface area contributed by atoms with E-state index in [1.54, 1.807) is 50.4 Å². The highest BCUT2D eigenvalue weighted by Crippen LogP contribution is 2.33. The number of allylic oxidation sites excluding steroid dienone is 1. The minimum absolute atomic E-state index is 0.0628. The average Bonchev–Trinajstić information content (AvgIpc) is 3.61. The number of benzene rings is 2. The Labute approximate surface area is 243 Å². The maximum absolute atomic E-state index is 13.2. The number of carbonyl (C=O) groups is 2. The van der Waals surface area contributed by atoms with Gasteiger partial charge in [0.2, 0.25) is 5.91 Å². The van der Waals surface area contributed by atoms with Crippen molar-refractivity contribution in [2.75, 3.05) is 45.0 Å². The van der Waals surface area contributed by atoms with Crippen LogP contribution in [-0.2, 0) is 4.79 Å². The Morgan fingerprint density at radius 3 is 2.67 bits per heavy atom. The van der Waals surface area contributed by atoms with Gasteiger partial charge in [-0.05, 0) is 61.4 Å². The monoisotopic (exact) mass is 583 g/mol. The molecule has 214 valence electrons. The molecule has 2 heterocycles. The summed E-state index contributed by atoms with van der Waals surface area (Å²) in [5.74, 6) is 0.888. The van der Waals surface area contributed by atoms with Crippen LogP contribution in [0.4, 0.5) is 10.8 Å². The molecule has 1 aromatic heterocycles. The van der Waals surface area contributed by atoms with Gasteiger partial charge in [-0.1, -0.05) is 24.3 Å². The highest BCUT2D eigenvalue weighted by atomic mass is 32.2. The van der Waals surface area contributed by atoms with E-state index < -0.39 is 5.54 Å². The first-order valence-corrected chi connectivity index (χ1v) is 14.9. The zero-order chi connectivity index (χ0) is 28.9. The molecule has 2 unspecified atom stereocenters. The minimum atomic E-state index is -0.929. The van der Waals surface area contributed by atoms with Crippen molar-refractivity contribution in [3.63, 3.8) is 0 Å². The van der Waals surface area contributed by atoms with Crippen LogP contribution in [-0.4, -0.2) is 66.8 Å². The van der Waals surface area contributed by atoms with Gasteiger partial charge in [-0.2, -0.15) is 0 Å². The Hall–Kier alpha value is -3.28. The number of thiazole rings is 1. The van der Waals surface area contributed by atoms with E-state index in [2.05, 4.69) is 34.0 Å². The maximum Gasteiger partial charge on any atom is 0.255 e. The number of hydrogen-bond acceptors (Lipinski definition) is 9. The van der Waals surface area contributed by atoms with Crippen molar-refractivity contribution in [1.29, 1.82) is 0 Å². The van der Waals surface area contributed by atoms with Crippen LogP contribution in [0.2, 0.25) is 0 Å². The van der Waals surface area contributed by atoms with Crippen molar-refractivity contribution in [3.05, 3.63) is 53.4 Å². The SMILES string of the molecule is COc1ccc(NC(=O)c2ccc3nc(NCCN(C)C(=O)[C@](C)(N)C(C)CC4CC=CS4)sc3c2)cc1OC. The molecule has 0 saturated carbocycles. The van der Waals surface area contributed by atoms with Crippen LogP contribution in [0.5, 0.6) is 11.5 Å². The quantitative estimate of drug-likeness (QED) is 0.266. The first-order chi connectivity index (χ1) is 19.1. The molecule has 0 saturated heterocycles.